The minimum Gasteiger partial charge on any atom is -0.391 e. The number of unbranched alkanes of at least 4 members (excludes halogenated alkanes) is 41. The summed E-state index contributed by atoms with van der Waals surface area (Å²) in [5.41, 5.74) is 0. The quantitative estimate of drug-likeness (QED) is 0.0243. The van der Waals surface area contributed by atoms with Crippen LogP contribution in [0, 0.1) is 0 Å². The predicted octanol–water partition coefficient (Wildman–Crippen LogP) is 18.2. The molecule has 0 aromatic carbocycles. The Balaban J connectivity index is 3.77. The highest BCUT2D eigenvalue weighted by Gasteiger charge is 2.28. The second-order valence-electron chi connectivity index (χ2n) is 22.1. The molecule has 0 saturated heterocycles. The molecule has 3 unspecified atom stereocenters. The van der Waals surface area contributed by atoms with Crippen molar-refractivity contribution in [3.8, 4) is 0 Å². The molecule has 0 radical (unpaired) electrons. The van der Waals surface area contributed by atoms with E-state index < -0.39 is 20.0 Å². The number of hydrogen-bond donors (Lipinski definition) is 3. The van der Waals surface area contributed by atoms with Crippen LogP contribution in [0.4, 0.5) is 0 Å². The highest BCUT2D eigenvalue weighted by molar-refractivity contribution is 7.47. The zero-order chi connectivity index (χ0) is 49.9. The van der Waals surface area contributed by atoms with E-state index in [1.807, 2.05) is 21.1 Å². The van der Waals surface area contributed by atoms with Gasteiger partial charge in [-0.2, -0.15) is 0 Å². The van der Waals surface area contributed by atoms with E-state index in [4.69, 9.17) is 9.05 Å². The molecule has 0 aliphatic carbocycles. The number of nitrogens with one attached hydrogen (secondary N) is 1. The van der Waals surface area contributed by atoms with Gasteiger partial charge < -0.3 is 19.8 Å². The van der Waals surface area contributed by atoms with Crippen LogP contribution in [0.25, 0.3) is 0 Å². The number of aliphatic hydroxyl groups excluding tert-OH is 1. The van der Waals surface area contributed by atoms with Gasteiger partial charge in [-0.15, -0.1) is 0 Å². The highest BCUT2D eigenvalue weighted by atomic mass is 31.2. The van der Waals surface area contributed by atoms with E-state index in [1.165, 1.54) is 244 Å². The Hall–Kier alpha value is -0.760. The van der Waals surface area contributed by atoms with Gasteiger partial charge in [0, 0.05) is 6.42 Å². The third kappa shape index (κ3) is 53.0. The highest BCUT2D eigenvalue weighted by Crippen LogP contribution is 2.43. The molecule has 0 aromatic heterocycles. The van der Waals surface area contributed by atoms with Crippen LogP contribution in [-0.4, -0.2) is 73.4 Å². The van der Waals surface area contributed by atoms with Crippen LogP contribution >= 0.6 is 7.82 Å². The molecule has 0 bridgehead atoms. The topological polar surface area (TPSA) is 105 Å². The first-order valence-corrected chi connectivity index (χ1v) is 31.5. The molecule has 9 heteroatoms. The standard InChI is InChI=1S/C59H119N2O6P/c1-6-8-10-12-14-16-17-18-19-20-21-22-23-24-25-26-27-28-29-30-31-32-33-34-35-36-37-38-39-40-41-42-43-45-47-49-51-53-59(63)60-57(56-67-68(64,65)66-55-54-61(3,4)5)58(62)52-50-48-46-44-15-13-11-9-7-2/h20-21,57-58,62H,6-19,22-56H2,1-5H3,(H-,60,63,64,65)/p+1/b21-20-. The summed E-state index contributed by atoms with van der Waals surface area (Å²) in [7, 11) is 1.63. The second kappa shape index (κ2) is 51.2. The number of phosphoric ester groups is 1. The van der Waals surface area contributed by atoms with Gasteiger partial charge in [-0.3, -0.25) is 13.8 Å². The lowest BCUT2D eigenvalue weighted by Gasteiger charge is -2.26. The lowest BCUT2D eigenvalue weighted by atomic mass is 10.0. The largest absolute Gasteiger partial charge is 0.472 e. The minimum atomic E-state index is -4.31. The third-order valence-electron chi connectivity index (χ3n) is 14.0. The van der Waals surface area contributed by atoms with E-state index >= 15 is 0 Å². The van der Waals surface area contributed by atoms with E-state index in [1.54, 1.807) is 0 Å². The first-order valence-electron chi connectivity index (χ1n) is 30.1. The fourth-order valence-corrected chi connectivity index (χ4v) is 10.0. The number of likely N-dealkylation sites (N-methyl/N-ethyl adjacent to an activating group) is 1. The number of allylic oxidation sites excluding steroid dienone is 2. The Bertz CT molecular complexity index is 1120. The molecule has 406 valence electrons. The fraction of sp³-hybridized carbons (Fsp3) is 0.949. The Kier molecular flexibility index (Phi) is 50.6. The first-order chi connectivity index (χ1) is 33.0. The predicted molar refractivity (Wildman–Crippen MR) is 295 cm³/mol. The van der Waals surface area contributed by atoms with Crippen molar-refractivity contribution in [1.29, 1.82) is 0 Å². The van der Waals surface area contributed by atoms with Gasteiger partial charge in [0.1, 0.15) is 13.2 Å². The van der Waals surface area contributed by atoms with Crippen molar-refractivity contribution in [2.75, 3.05) is 40.9 Å². The first kappa shape index (κ1) is 67.2. The second-order valence-corrected chi connectivity index (χ2v) is 23.5. The van der Waals surface area contributed by atoms with Gasteiger partial charge in [-0.05, 0) is 38.5 Å². The molecule has 0 aliphatic rings. The molecule has 0 saturated carbocycles. The number of carbonyl (C=O) groups excluding carboxylic acids is 1. The smallest absolute Gasteiger partial charge is 0.391 e. The molecule has 0 spiro atoms. The van der Waals surface area contributed by atoms with E-state index in [0.29, 0.717) is 23.9 Å². The van der Waals surface area contributed by atoms with Gasteiger partial charge in [0.15, 0.2) is 0 Å². The number of quaternary nitrogens is 1. The van der Waals surface area contributed by atoms with Crippen LogP contribution in [0.2, 0.25) is 0 Å². The number of phosphoric acid groups is 1. The van der Waals surface area contributed by atoms with Crippen molar-refractivity contribution in [2.24, 2.45) is 0 Å². The van der Waals surface area contributed by atoms with Crippen LogP contribution in [0.15, 0.2) is 12.2 Å². The van der Waals surface area contributed by atoms with Crippen LogP contribution in [0.5, 0.6) is 0 Å². The molecule has 0 aliphatic heterocycles. The maximum Gasteiger partial charge on any atom is 0.472 e. The van der Waals surface area contributed by atoms with Gasteiger partial charge >= 0.3 is 7.82 Å². The van der Waals surface area contributed by atoms with Crippen molar-refractivity contribution in [2.45, 2.75) is 321 Å². The molecular formula is C59H120N2O6P+. The Morgan fingerprint density at radius 1 is 0.485 bits per heavy atom. The number of nitrogens with zero attached hydrogens (tertiary/aromatic N) is 1. The molecular weight excluding hydrogens is 864 g/mol. The monoisotopic (exact) mass is 984 g/mol. The number of rotatable bonds is 56. The lowest BCUT2D eigenvalue weighted by molar-refractivity contribution is -0.870. The van der Waals surface area contributed by atoms with Crippen LogP contribution in [0.3, 0.4) is 0 Å². The summed E-state index contributed by atoms with van der Waals surface area (Å²) in [5, 5.41) is 14.0. The van der Waals surface area contributed by atoms with Crippen LogP contribution in [0.1, 0.15) is 309 Å². The number of carbonyl (C=O) groups is 1. The summed E-state index contributed by atoms with van der Waals surface area (Å²) in [5.74, 6) is -0.140. The van der Waals surface area contributed by atoms with E-state index in [-0.39, 0.29) is 19.1 Å². The molecule has 8 nitrogen and oxygen atoms in total. The van der Waals surface area contributed by atoms with E-state index in [9.17, 15) is 19.4 Å². The van der Waals surface area contributed by atoms with E-state index in [0.717, 1.165) is 38.5 Å². The van der Waals surface area contributed by atoms with E-state index in [2.05, 4.69) is 31.3 Å². The van der Waals surface area contributed by atoms with Crippen molar-refractivity contribution in [3.63, 3.8) is 0 Å². The molecule has 0 fully saturated rings. The lowest BCUT2D eigenvalue weighted by Crippen LogP contribution is -2.46. The van der Waals surface area contributed by atoms with Crippen molar-refractivity contribution >= 4 is 13.7 Å². The van der Waals surface area contributed by atoms with Gasteiger partial charge in [-0.1, -0.05) is 276 Å². The van der Waals surface area contributed by atoms with Crippen LogP contribution in [-0.2, 0) is 18.4 Å². The number of aliphatic hydroxyl groups is 1. The molecule has 0 aromatic rings. The molecule has 68 heavy (non-hydrogen) atoms. The SMILES string of the molecule is CCCCCCCCCC/C=C\CCCCCCCCCCCCCCCCCCCCCCCCCCCC(=O)NC(COP(=O)(O)OCC[N+](C)(C)C)C(O)CCCCCCCCCCC. The Morgan fingerprint density at radius 3 is 1.13 bits per heavy atom. The number of hydrogen-bond acceptors (Lipinski definition) is 5. The Morgan fingerprint density at radius 2 is 0.794 bits per heavy atom. The van der Waals surface area contributed by atoms with Gasteiger partial charge in [-0.25, -0.2) is 4.57 Å². The molecule has 0 heterocycles. The summed E-state index contributed by atoms with van der Waals surface area (Å²) in [6.07, 6.45) is 63.2. The van der Waals surface area contributed by atoms with Gasteiger partial charge in [0.2, 0.25) is 5.91 Å². The molecule has 3 N–H and O–H groups in total. The minimum absolute atomic E-state index is 0.0777. The van der Waals surface area contributed by atoms with Crippen molar-refractivity contribution < 1.29 is 32.9 Å². The summed E-state index contributed by atoms with van der Waals surface area (Å²) >= 11 is 0. The molecule has 3 atom stereocenters. The molecule has 0 rings (SSSR count). The van der Waals surface area contributed by atoms with Crippen molar-refractivity contribution in [3.05, 3.63) is 12.2 Å². The third-order valence-corrected chi connectivity index (χ3v) is 15.0. The zero-order valence-corrected chi connectivity index (χ0v) is 47.3. The molecule has 1 amide bonds. The summed E-state index contributed by atoms with van der Waals surface area (Å²) in [6.45, 7) is 4.89. The average Bonchev–Trinajstić information content (AvgIpc) is 3.30. The maximum absolute atomic E-state index is 12.9. The summed E-state index contributed by atoms with van der Waals surface area (Å²) in [6, 6.07) is -0.754. The van der Waals surface area contributed by atoms with Crippen molar-refractivity contribution in [1.82, 2.24) is 5.32 Å². The zero-order valence-electron chi connectivity index (χ0n) is 46.4. The summed E-state index contributed by atoms with van der Waals surface area (Å²) < 4.78 is 23.7. The summed E-state index contributed by atoms with van der Waals surface area (Å²) in [4.78, 5) is 23.2. The maximum atomic E-state index is 12.9. The van der Waals surface area contributed by atoms with Crippen LogP contribution < -0.4 is 5.32 Å². The fourth-order valence-electron chi connectivity index (χ4n) is 9.28. The average molecular weight is 985 g/mol. The van der Waals surface area contributed by atoms with Gasteiger partial charge in [0.05, 0.1) is 39.9 Å². The normalized spacial score (nSPS) is 13.9. The Labute approximate surface area is 424 Å². The number of amides is 1. The van der Waals surface area contributed by atoms with Gasteiger partial charge in [0.25, 0.3) is 0 Å².